The second-order valence-electron chi connectivity index (χ2n) is 6.39. The van der Waals surface area contributed by atoms with E-state index in [9.17, 15) is 0 Å². The van der Waals surface area contributed by atoms with E-state index in [0.717, 1.165) is 34.3 Å². The number of methoxy groups -OCH3 is 1. The number of imidazole rings is 1. The minimum atomic E-state index is -0.0119. The minimum absolute atomic E-state index is 0.0119. The number of thioether (sulfide) groups is 1. The first-order valence-corrected chi connectivity index (χ1v) is 11.2. The van der Waals surface area contributed by atoms with Crippen LogP contribution < -0.4 is 10.5 Å². The summed E-state index contributed by atoms with van der Waals surface area (Å²) in [5, 5.41) is 1.90. The number of ether oxygens (including phenoxy) is 1. The van der Waals surface area contributed by atoms with Crippen molar-refractivity contribution in [1.82, 2.24) is 9.55 Å². The summed E-state index contributed by atoms with van der Waals surface area (Å²) in [6, 6.07) is 13.7. The number of hydrogen-bond acceptors (Lipinski definition) is 4. The molecular weight excluding hydrogens is 445 g/mol. The second-order valence-corrected chi connectivity index (χ2v) is 8.59. The van der Waals surface area contributed by atoms with Crippen molar-refractivity contribution in [1.29, 1.82) is 0 Å². The highest BCUT2D eigenvalue weighted by Gasteiger charge is 2.22. The molecule has 0 aliphatic rings. The number of rotatable bonds is 8. The molecule has 3 aromatic rings. The molecule has 2 N–H and O–H groups in total. The third-order valence-corrected chi connectivity index (χ3v) is 6.56. The number of thiocarbonyl (C=S) groups is 1. The summed E-state index contributed by atoms with van der Waals surface area (Å²) >= 11 is 19.3. The fourth-order valence-electron chi connectivity index (χ4n) is 3.09. The summed E-state index contributed by atoms with van der Waals surface area (Å²) in [5.74, 6) is 1.59. The lowest BCUT2D eigenvalue weighted by Crippen LogP contribution is -2.20. The number of halogens is 2. The molecule has 3 rings (SSSR count). The van der Waals surface area contributed by atoms with Crippen LogP contribution in [0, 0.1) is 0 Å². The molecule has 0 aliphatic carbocycles. The van der Waals surface area contributed by atoms with Crippen molar-refractivity contribution in [2.45, 2.75) is 30.3 Å². The van der Waals surface area contributed by atoms with E-state index < -0.39 is 0 Å². The van der Waals surface area contributed by atoms with Crippen molar-refractivity contribution in [2.24, 2.45) is 5.73 Å². The number of nitrogens with zero attached hydrogens (tertiary/aromatic N) is 2. The van der Waals surface area contributed by atoms with Crippen molar-refractivity contribution in [3.05, 3.63) is 75.5 Å². The molecule has 0 amide bonds. The zero-order valence-electron chi connectivity index (χ0n) is 16.1. The maximum atomic E-state index is 6.26. The predicted molar refractivity (Wildman–Crippen MR) is 126 cm³/mol. The molecule has 0 radical (unpaired) electrons. The zero-order chi connectivity index (χ0) is 21.0. The van der Waals surface area contributed by atoms with Crippen molar-refractivity contribution in [3.8, 4) is 5.75 Å². The van der Waals surface area contributed by atoms with E-state index in [0.29, 0.717) is 15.0 Å². The Labute approximate surface area is 190 Å². The Morgan fingerprint density at radius 2 is 1.93 bits per heavy atom. The van der Waals surface area contributed by atoms with Crippen LogP contribution in [0.4, 0.5) is 0 Å². The molecule has 1 aromatic heterocycles. The molecule has 0 aliphatic heterocycles. The molecular formula is C21H21Cl2N3OS2. The van der Waals surface area contributed by atoms with Gasteiger partial charge in [-0.25, -0.2) is 4.98 Å². The average Bonchev–Trinajstić information content (AvgIpc) is 3.14. The van der Waals surface area contributed by atoms with Crippen molar-refractivity contribution >= 4 is 52.2 Å². The van der Waals surface area contributed by atoms with Crippen molar-refractivity contribution in [3.63, 3.8) is 0 Å². The summed E-state index contributed by atoms with van der Waals surface area (Å²) in [5.41, 5.74) is 8.93. The van der Waals surface area contributed by atoms with E-state index in [4.69, 9.17) is 45.9 Å². The monoisotopic (exact) mass is 465 g/mol. The van der Waals surface area contributed by atoms with Crippen molar-refractivity contribution in [2.75, 3.05) is 7.11 Å². The molecule has 0 saturated carbocycles. The average molecular weight is 466 g/mol. The smallest absolute Gasteiger partial charge is 0.169 e. The largest absolute Gasteiger partial charge is 0.497 e. The van der Waals surface area contributed by atoms with Gasteiger partial charge in [-0.2, -0.15) is 0 Å². The maximum absolute atomic E-state index is 6.26. The Bertz CT molecular complexity index is 1010. The molecule has 1 heterocycles. The SMILES string of the molecule is CCC(c1ccc(Cl)c(Cl)c1)n1c(C(N)=S)cnc1SCc1ccc(OC)cc1. The van der Waals surface area contributed by atoms with Gasteiger partial charge in [0.25, 0.3) is 0 Å². The highest BCUT2D eigenvalue weighted by molar-refractivity contribution is 7.98. The van der Waals surface area contributed by atoms with Crippen LogP contribution in [0.15, 0.2) is 53.8 Å². The topological polar surface area (TPSA) is 53.1 Å². The number of nitrogens with two attached hydrogens (primary N) is 1. The van der Waals surface area contributed by atoms with E-state index in [-0.39, 0.29) is 6.04 Å². The summed E-state index contributed by atoms with van der Waals surface area (Å²) in [7, 11) is 1.66. The van der Waals surface area contributed by atoms with Crippen LogP contribution in [0.25, 0.3) is 0 Å². The molecule has 0 bridgehead atoms. The molecule has 0 spiro atoms. The van der Waals surface area contributed by atoms with Crippen LogP contribution in [0.1, 0.15) is 36.2 Å². The van der Waals surface area contributed by atoms with Gasteiger partial charge in [-0.3, -0.25) is 0 Å². The lowest BCUT2D eigenvalue weighted by molar-refractivity contribution is 0.414. The van der Waals surface area contributed by atoms with Crippen LogP contribution in [0.3, 0.4) is 0 Å². The maximum Gasteiger partial charge on any atom is 0.169 e. The van der Waals surface area contributed by atoms with E-state index >= 15 is 0 Å². The van der Waals surface area contributed by atoms with Gasteiger partial charge in [0, 0.05) is 5.75 Å². The molecule has 152 valence electrons. The van der Waals surface area contributed by atoms with Crippen LogP contribution in [-0.2, 0) is 5.75 Å². The summed E-state index contributed by atoms with van der Waals surface area (Å²) in [6.07, 6.45) is 2.55. The Kier molecular flexibility index (Phi) is 7.46. The molecule has 4 nitrogen and oxygen atoms in total. The molecule has 2 aromatic carbocycles. The molecule has 0 fully saturated rings. The second kappa shape index (κ2) is 9.85. The van der Waals surface area contributed by atoms with E-state index in [1.165, 1.54) is 5.56 Å². The number of benzene rings is 2. The standard InChI is InChI=1S/C21H21Cl2N3OS2/c1-3-18(14-6-9-16(22)17(23)10-14)26-19(20(24)28)11-25-21(26)29-12-13-4-7-15(27-2)8-5-13/h4-11,18H,3,12H2,1-2H3,(H2,24,28). The third-order valence-electron chi connectivity index (χ3n) is 4.57. The van der Waals surface area contributed by atoms with Crippen molar-refractivity contribution < 1.29 is 4.74 Å². The fourth-order valence-corrected chi connectivity index (χ4v) is 4.53. The van der Waals surface area contributed by atoms with E-state index in [1.807, 2.05) is 42.5 Å². The predicted octanol–water partition coefficient (Wildman–Crippen LogP) is 6.12. The van der Waals surface area contributed by atoms with Crippen LogP contribution in [-0.4, -0.2) is 21.6 Å². The summed E-state index contributed by atoms with van der Waals surface area (Å²) < 4.78 is 7.32. The Balaban J connectivity index is 1.93. The van der Waals surface area contributed by atoms with Gasteiger partial charge in [0.1, 0.15) is 10.7 Å². The fraction of sp³-hybridized carbons (Fsp3) is 0.238. The molecule has 8 heteroatoms. The molecule has 1 atom stereocenters. The molecule has 0 saturated heterocycles. The van der Waals surface area contributed by atoms with Crippen LogP contribution in [0.5, 0.6) is 5.75 Å². The van der Waals surface area contributed by atoms with E-state index in [2.05, 4.69) is 16.5 Å². The summed E-state index contributed by atoms with van der Waals surface area (Å²) in [4.78, 5) is 4.91. The van der Waals surface area contributed by atoms with Gasteiger partial charge >= 0.3 is 0 Å². The molecule has 1 unspecified atom stereocenters. The van der Waals surface area contributed by atoms with Gasteiger partial charge in [0.05, 0.1) is 35.1 Å². The van der Waals surface area contributed by atoms with E-state index in [1.54, 1.807) is 25.1 Å². The van der Waals surface area contributed by atoms with Gasteiger partial charge in [-0.15, -0.1) is 0 Å². The van der Waals surface area contributed by atoms with Crippen LogP contribution in [0.2, 0.25) is 10.0 Å². The third kappa shape index (κ3) is 5.07. The Morgan fingerprint density at radius 1 is 1.21 bits per heavy atom. The Hall–Kier alpha value is -1.73. The first-order valence-electron chi connectivity index (χ1n) is 9.02. The number of hydrogen-bond donors (Lipinski definition) is 1. The lowest BCUT2D eigenvalue weighted by atomic mass is 10.0. The van der Waals surface area contributed by atoms with Crippen LogP contribution >= 0.6 is 47.2 Å². The summed E-state index contributed by atoms with van der Waals surface area (Å²) in [6.45, 7) is 2.11. The quantitative estimate of drug-likeness (QED) is 0.320. The minimum Gasteiger partial charge on any atom is -0.497 e. The van der Waals surface area contributed by atoms with Gasteiger partial charge < -0.3 is 15.0 Å². The van der Waals surface area contributed by atoms with Gasteiger partial charge in [-0.05, 0) is 41.8 Å². The first-order chi connectivity index (χ1) is 13.9. The van der Waals surface area contributed by atoms with Gasteiger partial charge in [-0.1, -0.05) is 72.3 Å². The molecule has 29 heavy (non-hydrogen) atoms. The zero-order valence-corrected chi connectivity index (χ0v) is 19.2. The van der Waals surface area contributed by atoms with Gasteiger partial charge in [0.2, 0.25) is 0 Å². The van der Waals surface area contributed by atoms with Gasteiger partial charge in [0.15, 0.2) is 5.16 Å². The lowest BCUT2D eigenvalue weighted by Gasteiger charge is -2.22. The normalized spacial score (nSPS) is 12.0. The first kappa shape index (κ1) is 22.0. The highest BCUT2D eigenvalue weighted by Crippen LogP contribution is 2.34. The highest BCUT2D eigenvalue weighted by atomic mass is 35.5. The Morgan fingerprint density at radius 3 is 2.52 bits per heavy atom. The number of aromatic nitrogens is 2.